The second-order valence-electron chi connectivity index (χ2n) is 7.24. The average Bonchev–Trinajstić information content (AvgIpc) is 2.66. The molecule has 0 aromatic heterocycles. The van der Waals surface area contributed by atoms with E-state index in [1.54, 1.807) is 7.11 Å². The molecule has 29 heavy (non-hydrogen) atoms. The van der Waals surface area contributed by atoms with E-state index in [2.05, 4.69) is 79.9 Å². The summed E-state index contributed by atoms with van der Waals surface area (Å²) in [5, 5.41) is 6.76. The van der Waals surface area contributed by atoms with Gasteiger partial charge in [0.15, 0.2) is 5.96 Å². The molecule has 0 saturated heterocycles. The Bertz CT molecular complexity index is 777. The van der Waals surface area contributed by atoms with Crippen molar-refractivity contribution in [1.82, 2.24) is 15.5 Å². The first-order chi connectivity index (χ1) is 13.5. The molecule has 2 rings (SSSR count). The summed E-state index contributed by atoms with van der Waals surface area (Å²) >= 11 is 0. The van der Waals surface area contributed by atoms with Crippen LogP contribution in [0.2, 0.25) is 0 Å². The lowest BCUT2D eigenvalue weighted by Crippen LogP contribution is -2.38. The Labute approximate surface area is 193 Å². The maximum atomic E-state index is 5.47. The number of methoxy groups -OCH3 is 1. The fourth-order valence-corrected chi connectivity index (χ4v) is 3.12. The van der Waals surface area contributed by atoms with E-state index >= 15 is 0 Å². The van der Waals surface area contributed by atoms with Crippen LogP contribution in [0.5, 0.6) is 5.75 Å². The molecule has 2 aromatic carbocycles. The van der Waals surface area contributed by atoms with Gasteiger partial charge >= 0.3 is 0 Å². The standard InChI is InChI=1S/C23H34N4O.HI/c1-6-24-23(25-13-12-21-14-18(2)10-11-22(21)28-5)26-16-19-8-7-9-20(15-19)17-27(3)4;/h7-11,14-15H,6,12-13,16-17H2,1-5H3,(H2,24,25,26);1H. The zero-order valence-electron chi connectivity index (χ0n) is 18.3. The Morgan fingerprint density at radius 2 is 1.83 bits per heavy atom. The van der Waals surface area contributed by atoms with Gasteiger partial charge in [-0.2, -0.15) is 0 Å². The normalized spacial score (nSPS) is 11.2. The maximum Gasteiger partial charge on any atom is 0.191 e. The third-order valence-corrected chi connectivity index (χ3v) is 4.38. The number of benzene rings is 2. The number of nitrogens with zero attached hydrogens (tertiary/aromatic N) is 2. The van der Waals surface area contributed by atoms with Crippen molar-refractivity contribution >= 4 is 29.9 Å². The molecule has 0 spiro atoms. The highest BCUT2D eigenvalue weighted by atomic mass is 127. The molecule has 0 saturated carbocycles. The minimum absolute atomic E-state index is 0. The van der Waals surface area contributed by atoms with Crippen LogP contribution in [0.15, 0.2) is 47.5 Å². The van der Waals surface area contributed by atoms with Crippen molar-refractivity contribution < 1.29 is 4.74 Å². The first kappa shape index (κ1) is 25.2. The molecule has 160 valence electrons. The summed E-state index contributed by atoms with van der Waals surface area (Å²) in [6.07, 6.45) is 0.883. The summed E-state index contributed by atoms with van der Waals surface area (Å²) in [6.45, 7) is 7.41. The zero-order chi connectivity index (χ0) is 20.4. The number of rotatable bonds is 9. The molecule has 0 bridgehead atoms. The topological polar surface area (TPSA) is 48.9 Å². The second-order valence-corrected chi connectivity index (χ2v) is 7.24. The Morgan fingerprint density at radius 3 is 2.52 bits per heavy atom. The Kier molecular flexibility index (Phi) is 11.7. The van der Waals surface area contributed by atoms with Gasteiger partial charge in [0, 0.05) is 19.6 Å². The van der Waals surface area contributed by atoms with Gasteiger partial charge < -0.3 is 20.3 Å². The van der Waals surface area contributed by atoms with Crippen molar-refractivity contribution in [3.05, 3.63) is 64.7 Å². The van der Waals surface area contributed by atoms with Crippen molar-refractivity contribution in [2.24, 2.45) is 4.99 Å². The third kappa shape index (κ3) is 9.04. The fourth-order valence-electron chi connectivity index (χ4n) is 3.12. The highest BCUT2D eigenvalue weighted by Crippen LogP contribution is 2.19. The van der Waals surface area contributed by atoms with Gasteiger partial charge in [-0.25, -0.2) is 4.99 Å². The molecule has 0 aliphatic carbocycles. The number of hydrogen-bond acceptors (Lipinski definition) is 3. The van der Waals surface area contributed by atoms with Crippen LogP contribution in [0.1, 0.15) is 29.2 Å². The summed E-state index contributed by atoms with van der Waals surface area (Å²) < 4.78 is 5.47. The van der Waals surface area contributed by atoms with Crippen molar-refractivity contribution in [3.8, 4) is 5.75 Å². The summed E-state index contributed by atoms with van der Waals surface area (Å²) in [5.41, 5.74) is 4.98. The number of aryl methyl sites for hydroxylation is 1. The van der Waals surface area contributed by atoms with E-state index in [0.29, 0.717) is 6.54 Å². The second kappa shape index (κ2) is 13.4. The predicted molar refractivity (Wildman–Crippen MR) is 134 cm³/mol. The first-order valence-corrected chi connectivity index (χ1v) is 9.90. The average molecular weight is 510 g/mol. The lowest BCUT2D eigenvalue weighted by atomic mass is 10.1. The van der Waals surface area contributed by atoms with Gasteiger partial charge in [-0.1, -0.05) is 42.0 Å². The summed E-state index contributed by atoms with van der Waals surface area (Å²) in [7, 11) is 5.89. The van der Waals surface area contributed by atoms with Crippen molar-refractivity contribution in [3.63, 3.8) is 0 Å². The number of aliphatic imine (C=N–C) groups is 1. The molecule has 2 N–H and O–H groups in total. The highest BCUT2D eigenvalue weighted by molar-refractivity contribution is 14.0. The van der Waals surface area contributed by atoms with Gasteiger partial charge in [0.05, 0.1) is 13.7 Å². The van der Waals surface area contributed by atoms with Crippen molar-refractivity contribution in [2.45, 2.75) is 33.4 Å². The molecule has 0 aliphatic heterocycles. The lowest BCUT2D eigenvalue weighted by molar-refractivity contribution is 0.402. The van der Waals surface area contributed by atoms with Gasteiger partial charge in [-0.05, 0) is 57.1 Å². The van der Waals surface area contributed by atoms with E-state index in [-0.39, 0.29) is 24.0 Å². The Balaban J connectivity index is 0.00000420. The molecule has 0 fully saturated rings. The summed E-state index contributed by atoms with van der Waals surface area (Å²) in [4.78, 5) is 6.92. The first-order valence-electron chi connectivity index (χ1n) is 9.90. The van der Waals surface area contributed by atoms with E-state index < -0.39 is 0 Å². The molecular formula is C23H35IN4O. The van der Waals surface area contributed by atoms with E-state index in [0.717, 1.165) is 37.8 Å². The van der Waals surface area contributed by atoms with Crippen LogP contribution in [0.4, 0.5) is 0 Å². The largest absolute Gasteiger partial charge is 0.496 e. The zero-order valence-corrected chi connectivity index (χ0v) is 20.6. The molecule has 0 atom stereocenters. The van der Waals surface area contributed by atoms with Crippen LogP contribution in [-0.2, 0) is 19.5 Å². The van der Waals surface area contributed by atoms with Crippen molar-refractivity contribution in [2.75, 3.05) is 34.3 Å². The third-order valence-electron chi connectivity index (χ3n) is 4.38. The lowest BCUT2D eigenvalue weighted by Gasteiger charge is -2.14. The molecule has 0 heterocycles. The Hall–Kier alpha value is -1.80. The van der Waals surface area contributed by atoms with Gasteiger partial charge in [-0.15, -0.1) is 24.0 Å². The van der Waals surface area contributed by atoms with Crippen LogP contribution in [0.3, 0.4) is 0 Å². The molecular weight excluding hydrogens is 475 g/mol. The van der Waals surface area contributed by atoms with Crippen LogP contribution >= 0.6 is 24.0 Å². The van der Waals surface area contributed by atoms with Crippen molar-refractivity contribution in [1.29, 1.82) is 0 Å². The van der Waals surface area contributed by atoms with E-state index in [1.807, 2.05) is 6.07 Å². The molecule has 2 aromatic rings. The monoisotopic (exact) mass is 510 g/mol. The molecule has 0 unspecified atom stereocenters. The summed E-state index contributed by atoms with van der Waals surface area (Å²) in [6, 6.07) is 14.9. The predicted octanol–water partition coefficient (Wildman–Crippen LogP) is 3.98. The highest BCUT2D eigenvalue weighted by Gasteiger charge is 2.04. The van der Waals surface area contributed by atoms with Crippen LogP contribution in [0.25, 0.3) is 0 Å². The number of halogens is 1. The van der Waals surface area contributed by atoms with Crippen LogP contribution in [-0.4, -0.2) is 45.2 Å². The van der Waals surface area contributed by atoms with E-state index in [9.17, 15) is 0 Å². The van der Waals surface area contributed by atoms with E-state index in [4.69, 9.17) is 9.73 Å². The van der Waals surface area contributed by atoms with E-state index in [1.165, 1.54) is 22.3 Å². The molecule has 0 aliphatic rings. The minimum atomic E-state index is 0. The number of ether oxygens (including phenoxy) is 1. The molecule has 5 nitrogen and oxygen atoms in total. The SMILES string of the molecule is CCNC(=NCc1cccc(CN(C)C)c1)NCCc1cc(C)ccc1OC.I. The van der Waals surface area contributed by atoms with Gasteiger partial charge in [0.1, 0.15) is 5.75 Å². The van der Waals surface area contributed by atoms with Crippen LogP contribution < -0.4 is 15.4 Å². The number of nitrogens with one attached hydrogen (secondary N) is 2. The number of hydrogen-bond donors (Lipinski definition) is 2. The maximum absolute atomic E-state index is 5.47. The summed E-state index contributed by atoms with van der Waals surface area (Å²) in [5.74, 6) is 1.78. The van der Waals surface area contributed by atoms with Gasteiger partial charge in [0.2, 0.25) is 0 Å². The number of guanidine groups is 1. The quantitative estimate of drug-likeness (QED) is 0.305. The Morgan fingerprint density at radius 1 is 1.07 bits per heavy atom. The van der Waals surface area contributed by atoms with Gasteiger partial charge in [-0.3, -0.25) is 0 Å². The molecule has 0 radical (unpaired) electrons. The van der Waals surface area contributed by atoms with Gasteiger partial charge in [0.25, 0.3) is 0 Å². The molecule has 0 amide bonds. The molecule has 6 heteroatoms. The van der Waals surface area contributed by atoms with Crippen LogP contribution in [0, 0.1) is 6.92 Å². The smallest absolute Gasteiger partial charge is 0.191 e. The fraction of sp³-hybridized carbons (Fsp3) is 0.435. The minimum Gasteiger partial charge on any atom is -0.496 e.